The second-order valence-corrected chi connectivity index (χ2v) is 7.41. The van der Waals surface area contributed by atoms with Crippen molar-refractivity contribution in [2.75, 3.05) is 18.5 Å². The molecule has 8 nitrogen and oxygen atoms in total. The fraction of sp³-hybridized carbons (Fsp3) is 0.143. The monoisotopic (exact) mass is 422 g/mol. The fourth-order valence-corrected chi connectivity index (χ4v) is 3.75. The summed E-state index contributed by atoms with van der Waals surface area (Å²) in [4.78, 5) is 25.6. The molecule has 30 heavy (non-hydrogen) atoms. The first-order chi connectivity index (χ1) is 14.6. The van der Waals surface area contributed by atoms with E-state index in [1.807, 2.05) is 0 Å². The molecule has 0 unspecified atom stereocenters. The van der Waals surface area contributed by atoms with Gasteiger partial charge in [0.05, 0.1) is 17.1 Å². The lowest BCUT2D eigenvalue weighted by Gasteiger charge is -2.09. The van der Waals surface area contributed by atoms with E-state index in [1.165, 1.54) is 17.8 Å². The molecule has 0 spiro atoms. The molecule has 3 aromatic rings. The van der Waals surface area contributed by atoms with Crippen LogP contribution in [0, 0.1) is 0 Å². The van der Waals surface area contributed by atoms with Gasteiger partial charge >= 0.3 is 0 Å². The van der Waals surface area contributed by atoms with Crippen LogP contribution >= 0.6 is 11.8 Å². The number of phenolic OH excluding ortho intramolecular Hbond substituents is 1. The zero-order chi connectivity index (χ0) is 20.9. The van der Waals surface area contributed by atoms with Crippen molar-refractivity contribution in [1.29, 1.82) is 0 Å². The summed E-state index contributed by atoms with van der Waals surface area (Å²) in [5.41, 5.74) is 2.04. The molecule has 0 radical (unpaired) electrons. The first-order valence-corrected chi connectivity index (χ1v) is 9.96. The van der Waals surface area contributed by atoms with E-state index in [2.05, 4.69) is 20.3 Å². The number of aromatic nitrogens is 3. The number of ether oxygens (including phenoxy) is 1. The number of aromatic hydroxyl groups is 1. The molecule has 3 N–H and O–H groups in total. The topological polar surface area (TPSA) is 117 Å². The Morgan fingerprint density at radius 3 is 2.77 bits per heavy atom. The molecule has 4 rings (SSSR count). The average Bonchev–Trinajstić information content (AvgIpc) is 3.09. The molecule has 3 heterocycles. The van der Waals surface area contributed by atoms with Crippen molar-refractivity contribution in [2.45, 2.75) is 11.6 Å². The first-order valence-electron chi connectivity index (χ1n) is 9.15. The number of aliphatic hydroxyl groups excluding tert-OH is 1. The second-order valence-electron chi connectivity index (χ2n) is 6.38. The van der Waals surface area contributed by atoms with Gasteiger partial charge in [0.25, 0.3) is 0 Å². The van der Waals surface area contributed by atoms with Crippen LogP contribution in [-0.4, -0.2) is 44.1 Å². The molecule has 1 aliphatic heterocycles. The number of aliphatic hydroxyl groups is 1. The molecule has 2 aromatic heterocycles. The van der Waals surface area contributed by atoms with Gasteiger partial charge in [-0.2, -0.15) is 0 Å². The Morgan fingerprint density at radius 2 is 2.00 bits per heavy atom. The van der Waals surface area contributed by atoms with Crippen LogP contribution < -0.4 is 10.1 Å². The quantitative estimate of drug-likeness (QED) is 0.494. The average molecular weight is 422 g/mol. The minimum atomic E-state index is -0.0642. The van der Waals surface area contributed by atoms with E-state index in [1.54, 1.807) is 48.9 Å². The van der Waals surface area contributed by atoms with E-state index in [0.717, 1.165) is 11.1 Å². The van der Waals surface area contributed by atoms with Crippen molar-refractivity contribution in [3.05, 3.63) is 70.5 Å². The van der Waals surface area contributed by atoms with Crippen LogP contribution in [0.15, 0.2) is 58.9 Å². The van der Waals surface area contributed by atoms with Gasteiger partial charge in [-0.3, -0.25) is 4.79 Å². The molecule has 0 fully saturated rings. The lowest BCUT2D eigenvalue weighted by molar-refractivity contribution is 0.104. The van der Waals surface area contributed by atoms with Crippen LogP contribution in [0.2, 0.25) is 0 Å². The number of thioether (sulfide) groups is 1. The Morgan fingerprint density at radius 1 is 1.17 bits per heavy atom. The van der Waals surface area contributed by atoms with Crippen molar-refractivity contribution < 1.29 is 19.7 Å². The third-order valence-electron chi connectivity index (χ3n) is 4.22. The molecule has 1 aliphatic rings. The minimum absolute atomic E-state index is 0.00495. The van der Waals surface area contributed by atoms with E-state index in [0.29, 0.717) is 28.0 Å². The maximum Gasteiger partial charge on any atom is 0.222 e. The predicted molar refractivity (Wildman–Crippen MR) is 112 cm³/mol. The lowest BCUT2D eigenvalue weighted by atomic mass is 10.1. The first kappa shape index (κ1) is 19.9. The number of hydrogen-bond donors (Lipinski definition) is 3. The highest BCUT2D eigenvalue weighted by Crippen LogP contribution is 2.39. The number of nitrogens with zero attached hydrogens (tertiary/aromatic N) is 3. The standard InChI is InChI=1S/C21H18N4O4S/c26-7-6-23-21-24-10-14(11-25-21)12-29-17-8-13(3-4-16(17)27)9-18-19(28)15-2-1-5-22-20(15)30-18/h1-5,8-11,26-27H,6-7,12H2,(H,23,24,25)/b18-9-. The fourth-order valence-electron chi connectivity index (χ4n) is 2.76. The molecule has 0 amide bonds. The van der Waals surface area contributed by atoms with Gasteiger partial charge in [-0.25, -0.2) is 15.0 Å². The summed E-state index contributed by atoms with van der Waals surface area (Å²) in [6.45, 7) is 0.525. The van der Waals surface area contributed by atoms with Gasteiger partial charge in [0.1, 0.15) is 11.6 Å². The number of Topliss-reactive ketones (excluding diaryl/α,β-unsaturated/α-hetero) is 1. The van der Waals surface area contributed by atoms with E-state index in [9.17, 15) is 9.90 Å². The highest BCUT2D eigenvalue weighted by atomic mass is 32.2. The Bertz CT molecular complexity index is 1100. The zero-order valence-corrected chi connectivity index (χ0v) is 16.6. The van der Waals surface area contributed by atoms with E-state index in [4.69, 9.17) is 9.84 Å². The zero-order valence-electron chi connectivity index (χ0n) is 15.8. The number of allylic oxidation sites excluding steroid dienone is 1. The molecule has 0 saturated carbocycles. The summed E-state index contributed by atoms with van der Waals surface area (Å²) in [6.07, 6.45) is 6.63. The third kappa shape index (κ3) is 4.42. The Hall–Kier alpha value is -3.43. The van der Waals surface area contributed by atoms with Crippen molar-refractivity contribution in [2.24, 2.45) is 0 Å². The molecule has 9 heteroatoms. The molecule has 0 atom stereocenters. The Labute approximate surface area is 176 Å². The number of benzene rings is 1. The van der Waals surface area contributed by atoms with Crippen LogP contribution in [0.25, 0.3) is 6.08 Å². The number of hydrogen-bond acceptors (Lipinski definition) is 9. The maximum atomic E-state index is 12.5. The molecule has 152 valence electrons. The van der Waals surface area contributed by atoms with Gasteiger partial charge in [-0.15, -0.1) is 0 Å². The van der Waals surface area contributed by atoms with Gasteiger partial charge in [0.2, 0.25) is 11.7 Å². The normalized spacial score (nSPS) is 14.0. The second kappa shape index (κ2) is 8.93. The third-order valence-corrected chi connectivity index (χ3v) is 5.26. The number of carbonyl (C=O) groups excluding carboxylic acids is 1. The number of phenols is 1. The molecule has 0 saturated heterocycles. The van der Waals surface area contributed by atoms with Crippen molar-refractivity contribution in [3.8, 4) is 11.5 Å². The molecule has 0 aliphatic carbocycles. The van der Waals surface area contributed by atoms with Crippen molar-refractivity contribution in [3.63, 3.8) is 0 Å². The lowest BCUT2D eigenvalue weighted by Crippen LogP contribution is -2.09. The van der Waals surface area contributed by atoms with Gasteiger partial charge in [0.15, 0.2) is 11.5 Å². The van der Waals surface area contributed by atoms with Crippen LogP contribution in [0.3, 0.4) is 0 Å². The summed E-state index contributed by atoms with van der Waals surface area (Å²) >= 11 is 1.33. The van der Waals surface area contributed by atoms with Gasteiger partial charge in [0, 0.05) is 30.7 Å². The molecule has 0 bridgehead atoms. The number of rotatable bonds is 7. The van der Waals surface area contributed by atoms with E-state index in [-0.39, 0.29) is 30.5 Å². The maximum absolute atomic E-state index is 12.5. The SMILES string of the molecule is O=C1/C(=C/c2ccc(O)c(OCc3cnc(NCCO)nc3)c2)Sc2ncccc21. The van der Waals surface area contributed by atoms with E-state index < -0.39 is 0 Å². The van der Waals surface area contributed by atoms with Crippen LogP contribution in [0.5, 0.6) is 11.5 Å². The Kier molecular flexibility index (Phi) is 5.92. The van der Waals surface area contributed by atoms with E-state index >= 15 is 0 Å². The highest BCUT2D eigenvalue weighted by Gasteiger charge is 2.26. The van der Waals surface area contributed by atoms with Crippen molar-refractivity contribution >= 4 is 29.6 Å². The predicted octanol–water partition coefficient (Wildman–Crippen LogP) is 2.89. The minimum Gasteiger partial charge on any atom is -0.504 e. The largest absolute Gasteiger partial charge is 0.504 e. The summed E-state index contributed by atoms with van der Waals surface area (Å²) in [6, 6.07) is 8.41. The number of fused-ring (bicyclic) bond motifs is 1. The van der Waals surface area contributed by atoms with Crippen LogP contribution in [0.1, 0.15) is 21.5 Å². The van der Waals surface area contributed by atoms with Gasteiger partial charge < -0.3 is 20.3 Å². The number of nitrogens with one attached hydrogen (secondary N) is 1. The summed E-state index contributed by atoms with van der Waals surface area (Å²) < 4.78 is 5.71. The van der Waals surface area contributed by atoms with Gasteiger partial charge in [-0.05, 0) is 35.9 Å². The number of carbonyl (C=O) groups is 1. The molecular formula is C21H18N4O4S. The van der Waals surface area contributed by atoms with Crippen LogP contribution in [-0.2, 0) is 6.61 Å². The number of ketones is 1. The van der Waals surface area contributed by atoms with Gasteiger partial charge in [-0.1, -0.05) is 17.8 Å². The number of pyridine rings is 1. The number of anilines is 1. The molecular weight excluding hydrogens is 404 g/mol. The van der Waals surface area contributed by atoms with Crippen LogP contribution in [0.4, 0.5) is 5.95 Å². The highest BCUT2D eigenvalue weighted by molar-refractivity contribution is 8.04. The molecule has 1 aromatic carbocycles. The van der Waals surface area contributed by atoms with Crippen molar-refractivity contribution in [1.82, 2.24) is 15.0 Å². The summed E-state index contributed by atoms with van der Waals surface area (Å²) in [5, 5.41) is 22.5. The Balaban J connectivity index is 1.46. The summed E-state index contributed by atoms with van der Waals surface area (Å²) in [7, 11) is 0. The summed E-state index contributed by atoms with van der Waals surface area (Å²) in [5.74, 6) is 0.636. The smallest absolute Gasteiger partial charge is 0.222 e.